The normalized spacial score (nSPS) is 10.1. The second-order valence-electron chi connectivity index (χ2n) is 4.50. The predicted octanol–water partition coefficient (Wildman–Crippen LogP) is 2.41. The van der Waals surface area contributed by atoms with Gasteiger partial charge < -0.3 is 14.7 Å². The van der Waals surface area contributed by atoms with Crippen molar-refractivity contribution in [1.82, 2.24) is 4.90 Å². The van der Waals surface area contributed by atoms with Gasteiger partial charge in [0, 0.05) is 12.1 Å². The van der Waals surface area contributed by atoms with E-state index in [4.69, 9.17) is 9.84 Å². The first-order valence-corrected chi connectivity index (χ1v) is 6.82. The molecule has 0 aliphatic heterocycles. The van der Waals surface area contributed by atoms with Crippen LogP contribution in [0.1, 0.15) is 37.0 Å². The van der Waals surface area contributed by atoms with Gasteiger partial charge in [-0.3, -0.25) is 9.59 Å². The number of carbonyl (C=O) groups is 2. The molecule has 0 spiro atoms. The zero-order valence-electron chi connectivity index (χ0n) is 12.0. The fraction of sp³-hybridized carbons (Fsp3) is 0.467. The highest BCUT2D eigenvalue weighted by molar-refractivity contribution is 5.96. The number of aliphatic carboxylic acids is 1. The van der Waals surface area contributed by atoms with Crippen LogP contribution in [0.3, 0.4) is 0 Å². The molecule has 0 unspecified atom stereocenters. The standard InChI is InChI=1S/C15H21NO4/c1-3-8-16(11-14(17)18)15(19)12-6-5-7-13(10-12)20-9-4-2/h5-7,10H,3-4,8-9,11H2,1-2H3,(H,17,18). The van der Waals surface area contributed by atoms with E-state index in [1.54, 1.807) is 24.3 Å². The van der Waals surface area contributed by atoms with Gasteiger partial charge in [-0.25, -0.2) is 0 Å². The number of carboxylic acids is 1. The lowest BCUT2D eigenvalue weighted by Crippen LogP contribution is -2.36. The van der Waals surface area contributed by atoms with Crippen molar-refractivity contribution in [2.45, 2.75) is 26.7 Å². The van der Waals surface area contributed by atoms with Crippen molar-refractivity contribution in [3.63, 3.8) is 0 Å². The third kappa shape index (κ3) is 4.91. The van der Waals surface area contributed by atoms with E-state index in [1.165, 1.54) is 4.90 Å². The number of amides is 1. The molecule has 5 nitrogen and oxygen atoms in total. The van der Waals surface area contributed by atoms with E-state index in [9.17, 15) is 9.59 Å². The molecule has 0 aromatic heterocycles. The van der Waals surface area contributed by atoms with E-state index >= 15 is 0 Å². The summed E-state index contributed by atoms with van der Waals surface area (Å²) in [4.78, 5) is 24.4. The van der Waals surface area contributed by atoms with Gasteiger partial charge in [0.05, 0.1) is 6.61 Å². The average molecular weight is 279 g/mol. The maximum Gasteiger partial charge on any atom is 0.323 e. The average Bonchev–Trinajstić information content (AvgIpc) is 2.43. The largest absolute Gasteiger partial charge is 0.494 e. The summed E-state index contributed by atoms with van der Waals surface area (Å²) in [5.74, 6) is -0.661. The van der Waals surface area contributed by atoms with Crippen LogP contribution in [0.25, 0.3) is 0 Å². The van der Waals surface area contributed by atoms with Crippen LogP contribution in [0.4, 0.5) is 0 Å². The monoisotopic (exact) mass is 279 g/mol. The van der Waals surface area contributed by atoms with Crippen molar-refractivity contribution in [1.29, 1.82) is 0 Å². The minimum atomic E-state index is -1.01. The van der Waals surface area contributed by atoms with E-state index in [0.29, 0.717) is 30.9 Å². The summed E-state index contributed by atoms with van der Waals surface area (Å²) in [5.41, 5.74) is 0.452. The van der Waals surface area contributed by atoms with Gasteiger partial charge in [-0.2, -0.15) is 0 Å². The van der Waals surface area contributed by atoms with Gasteiger partial charge >= 0.3 is 5.97 Å². The number of ether oxygens (including phenoxy) is 1. The first-order chi connectivity index (χ1) is 9.58. The third-order valence-corrected chi connectivity index (χ3v) is 2.66. The molecule has 0 bridgehead atoms. The van der Waals surface area contributed by atoms with E-state index in [-0.39, 0.29) is 12.5 Å². The number of benzene rings is 1. The fourth-order valence-corrected chi connectivity index (χ4v) is 1.81. The molecule has 1 aromatic rings. The topological polar surface area (TPSA) is 66.8 Å². The zero-order valence-corrected chi connectivity index (χ0v) is 12.0. The molecular formula is C15H21NO4. The predicted molar refractivity (Wildman–Crippen MR) is 76.1 cm³/mol. The molecule has 0 atom stereocenters. The van der Waals surface area contributed by atoms with Crippen molar-refractivity contribution in [3.05, 3.63) is 29.8 Å². The number of hydrogen-bond donors (Lipinski definition) is 1. The van der Waals surface area contributed by atoms with Crippen LogP contribution < -0.4 is 4.74 Å². The second kappa shape index (κ2) is 8.19. The third-order valence-electron chi connectivity index (χ3n) is 2.66. The van der Waals surface area contributed by atoms with Gasteiger partial charge in [0.25, 0.3) is 5.91 Å². The number of carbonyl (C=O) groups excluding carboxylic acids is 1. The van der Waals surface area contributed by atoms with Crippen molar-refractivity contribution < 1.29 is 19.4 Å². The SMILES string of the molecule is CCCOc1cccc(C(=O)N(CCC)CC(=O)O)c1. The number of rotatable bonds is 8. The Morgan fingerprint density at radius 1 is 1.25 bits per heavy atom. The minimum Gasteiger partial charge on any atom is -0.494 e. The molecule has 0 saturated carbocycles. The molecule has 20 heavy (non-hydrogen) atoms. The quantitative estimate of drug-likeness (QED) is 0.793. The maximum atomic E-state index is 12.3. The highest BCUT2D eigenvalue weighted by Gasteiger charge is 2.18. The Bertz CT molecular complexity index is 459. The van der Waals surface area contributed by atoms with Gasteiger partial charge in [-0.05, 0) is 31.0 Å². The molecule has 1 rings (SSSR count). The summed E-state index contributed by atoms with van der Waals surface area (Å²) in [6.07, 6.45) is 1.60. The van der Waals surface area contributed by atoms with E-state index in [1.807, 2.05) is 13.8 Å². The molecule has 1 aromatic carbocycles. The lowest BCUT2D eigenvalue weighted by atomic mass is 10.2. The van der Waals surface area contributed by atoms with Crippen molar-refractivity contribution in [2.75, 3.05) is 19.7 Å². The number of nitrogens with zero attached hydrogens (tertiary/aromatic N) is 1. The molecule has 0 fully saturated rings. The molecule has 0 radical (unpaired) electrons. The zero-order chi connectivity index (χ0) is 15.0. The molecule has 0 aliphatic rings. The summed E-state index contributed by atoms with van der Waals surface area (Å²) < 4.78 is 5.48. The van der Waals surface area contributed by atoms with Crippen molar-refractivity contribution in [3.8, 4) is 5.75 Å². The smallest absolute Gasteiger partial charge is 0.323 e. The summed E-state index contributed by atoms with van der Waals surface area (Å²) in [5, 5.41) is 8.86. The van der Waals surface area contributed by atoms with Crippen LogP contribution in [0.5, 0.6) is 5.75 Å². The van der Waals surface area contributed by atoms with Crippen LogP contribution in [0.2, 0.25) is 0 Å². The molecule has 5 heteroatoms. The highest BCUT2D eigenvalue weighted by atomic mass is 16.5. The maximum absolute atomic E-state index is 12.3. The Balaban J connectivity index is 2.84. The van der Waals surface area contributed by atoms with Crippen LogP contribution in [-0.2, 0) is 4.79 Å². The fourth-order valence-electron chi connectivity index (χ4n) is 1.81. The molecule has 110 valence electrons. The molecule has 1 amide bonds. The van der Waals surface area contributed by atoms with E-state index in [2.05, 4.69) is 0 Å². The molecule has 0 heterocycles. The first-order valence-electron chi connectivity index (χ1n) is 6.82. The van der Waals surface area contributed by atoms with Gasteiger partial charge in [0.1, 0.15) is 12.3 Å². The Kier molecular flexibility index (Phi) is 6.56. The van der Waals surface area contributed by atoms with Crippen LogP contribution in [-0.4, -0.2) is 41.6 Å². The van der Waals surface area contributed by atoms with Crippen molar-refractivity contribution >= 4 is 11.9 Å². The lowest BCUT2D eigenvalue weighted by Gasteiger charge is -2.20. The van der Waals surface area contributed by atoms with E-state index in [0.717, 1.165) is 6.42 Å². The first kappa shape index (κ1) is 16.0. The molecule has 1 N–H and O–H groups in total. The summed E-state index contributed by atoms with van der Waals surface area (Å²) in [6, 6.07) is 6.85. The van der Waals surface area contributed by atoms with E-state index < -0.39 is 5.97 Å². The Labute approximate surface area is 119 Å². The van der Waals surface area contributed by atoms with Gasteiger partial charge in [-0.15, -0.1) is 0 Å². The second-order valence-corrected chi connectivity index (χ2v) is 4.50. The van der Waals surface area contributed by atoms with Gasteiger partial charge in [0.15, 0.2) is 0 Å². The van der Waals surface area contributed by atoms with Crippen LogP contribution >= 0.6 is 0 Å². The van der Waals surface area contributed by atoms with Gasteiger partial charge in [0.2, 0.25) is 0 Å². The summed E-state index contributed by atoms with van der Waals surface area (Å²) in [6.45, 7) is 4.64. The highest BCUT2D eigenvalue weighted by Crippen LogP contribution is 2.15. The molecule has 0 aliphatic carbocycles. The number of hydrogen-bond acceptors (Lipinski definition) is 3. The minimum absolute atomic E-state index is 0.281. The molecule has 0 saturated heterocycles. The lowest BCUT2D eigenvalue weighted by molar-refractivity contribution is -0.137. The van der Waals surface area contributed by atoms with Crippen LogP contribution in [0.15, 0.2) is 24.3 Å². The Morgan fingerprint density at radius 3 is 2.60 bits per heavy atom. The Morgan fingerprint density at radius 2 is 2.00 bits per heavy atom. The number of carboxylic acid groups (broad SMARTS) is 1. The van der Waals surface area contributed by atoms with Crippen molar-refractivity contribution in [2.24, 2.45) is 0 Å². The summed E-state index contributed by atoms with van der Waals surface area (Å²) >= 11 is 0. The Hall–Kier alpha value is -2.04. The van der Waals surface area contributed by atoms with Gasteiger partial charge in [-0.1, -0.05) is 19.9 Å². The summed E-state index contributed by atoms with van der Waals surface area (Å²) in [7, 11) is 0. The molecular weight excluding hydrogens is 258 g/mol. The van der Waals surface area contributed by atoms with Crippen LogP contribution in [0, 0.1) is 0 Å².